The molecule has 0 bridgehead atoms. The second kappa shape index (κ2) is 5.86. The van der Waals surface area contributed by atoms with Crippen LogP contribution in [0.4, 0.5) is 11.6 Å². The first-order chi connectivity index (χ1) is 13.4. The molecule has 28 heavy (non-hydrogen) atoms. The van der Waals surface area contributed by atoms with Gasteiger partial charge in [-0.25, -0.2) is 9.78 Å². The van der Waals surface area contributed by atoms with Gasteiger partial charge in [0.1, 0.15) is 21.8 Å². The number of aromatic nitrogens is 7. The van der Waals surface area contributed by atoms with Gasteiger partial charge in [0.15, 0.2) is 5.65 Å². The van der Waals surface area contributed by atoms with Gasteiger partial charge < -0.3 is 15.7 Å². The molecule has 144 valence electrons. The minimum atomic E-state index is -0.316. The molecule has 5 rings (SSSR count). The Morgan fingerprint density at radius 1 is 1.29 bits per heavy atom. The minimum absolute atomic E-state index is 0.125. The summed E-state index contributed by atoms with van der Waals surface area (Å²) in [6.07, 6.45) is 5.33. The molecule has 1 aliphatic rings. The van der Waals surface area contributed by atoms with Gasteiger partial charge in [0, 0.05) is 37.5 Å². The molecule has 1 aliphatic heterocycles. The monoisotopic (exact) mass is 445 g/mol. The van der Waals surface area contributed by atoms with E-state index in [2.05, 4.69) is 31.1 Å². The van der Waals surface area contributed by atoms with Crippen LogP contribution in [0.2, 0.25) is 0 Å². The van der Waals surface area contributed by atoms with Crippen molar-refractivity contribution in [3.8, 4) is 17.0 Å². The van der Waals surface area contributed by atoms with Crippen molar-refractivity contribution in [2.45, 2.75) is 13.1 Å². The summed E-state index contributed by atoms with van der Waals surface area (Å²) in [4.78, 5) is 21.0. The molecular weight excluding hydrogens is 430 g/mol. The van der Waals surface area contributed by atoms with E-state index < -0.39 is 0 Å². The van der Waals surface area contributed by atoms with Crippen LogP contribution in [-0.4, -0.2) is 45.6 Å². The maximum absolute atomic E-state index is 11.9. The fourth-order valence-corrected chi connectivity index (χ4v) is 4.01. The number of nitrogens with two attached hydrogens (primary N) is 1. The number of anilines is 2. The Morgan fingerprint density at radius 2 is 2.11 bits per heavy atom. The van der Waals surface area contributed by atoms with E-state index in [4.69, 9.17) is 10.7 Å². The second-order valence-electron chi connectivity index (χ2n) is 6.63. The van der Waals surface area contributed by atoms with Gasteiger partial charge >= 0.3 is 5.69 Å². The molecule has 0 radical (unpaired) electrons. The summed E-state index contributed by atoms with van der Waals surface area (Å²) >= 11 is 3.52. The Kier molecular flexibility index (Phi) is 3.53. The third-order valence-corrected chi connectivity index (χ3v) is 5.69. The van der Waals surface area contributed by atoms with Crippen LogP contribution in [0.5, 0.6) is 5.88 Å². The molecule has 11 nitrogen and oxygen atoms in total. The van der Waals surface area contributed by atoms with Gasteiger partial charge in [-0.2, -0.15) is 14.7 Å². The molecule has 4 N–H and O–H groups in total. The van der Waals surface area contributed by atoms with Crippen LogP contribution in [0.25, 0.3) is 16.8 Å². The number of nitrogens with one attached hydrogen (secondary N) is 1. The van der Waals surface area contributed by atoms with E-state index in [1.807, 2.05) is 18.1 Å². The lowest BCUT2D eigenvalue weighted by Crippen LogP contribution is -2.37. The Balaban J connectivity index is 1.65. The zero-order valence-corrected chi connectivity index (χ0v) is 16.4. The van der Waals surface area contributed by atoms with Gasteiger partial charge in [0.2, 0.25) is 5.88 Å². The molecule has 4 aromatic heterocycles. The zero-order valence-electron chi connectivity index (χ0n) is 14.8. The summed E-state index contributed by atoms with van der Waals surface area (Å²) in [6.45, 7) is 1.29. The zero-order chi connectivity index (χ0) is 19.6. The molecule has 0 saturated heterocycles. The van der Waals surface area contributed by atoms with E-state index in [-0.39, 0.29) is 11.6 Å². The Hall–Kier alpha value is -3.28. The summed E-state index contributed by atoms with van der Waals surface area (Å²) < 4.78 is 5.41. The maximum Gasteiger partial charge on any atom is 0.328 e. The molecular formula is C16H16BrN9O2. The van der Waals surface area contributed by atoms with Crippen LogP contribution >= 0.6 is 15.9 Å². The van der Waals surface area contributed by atoms with E-state index in [9.17, 15) is 9.90 Å². The Morgan fingerprint density at radius 3 is 2.86 bits per heavy atom. The average molecular weight is 446 g/mol. The van der Waals surface area contributed by atoms with Crippen LogP contribution in [0, 0.1) is 0 Å². The highest BCUT2D eigenvalue weighted by atomic mass is 79.9. The van der Waals surface area contributed by atoms with Crippen LogP contribution in [0.3, 0.4) is 0 Å². The van der Waals surface area contributed by atoms with Crippen molar-refractivity contribution in [3.05, 3.63) is 39.2 Å². The number of nitrogens with zero attached hydrogens (tertiary/aromatic N) is 7. The smallest absolute Gasteiger partial charge is 0.328 e. The van der Waals surface area contributed by atoms with Crippen molar-refractivity contribution in [1.82, 2.24) is 33.9 Å². The number of fused-ring (bicyclic) bond motifs is 2. The number of hydrogen-bond donors (Lipinski definition) is 3. The first-order valence-corrected chi connectivity index (χ1v) is 9.30. The number of H-pyrrole nitrogens is 1. The molecule has 0 spiro atoms. The molecule has 0 fully saturated rings. The lowest BCUT2D eigenvalue weighted by molar-refractivity contribution is 0.439. The predicted octanol–water partition coefficient (Wildman–Crippen LogP) is 0.690. The molecule has 0 amide bonds. The lowest BCUT2D eigenvalue weighted by Gasteiger charge is -2.29. The minimum Gasteiger partial charge on any atom is -0.493 e. The van der Waals surface area contributed by atoms with E-state index in [0.29, 0.717) is 47.1 Å². The van der Waals surface area contributed by atoms with Crippen molar-refractivity contribution >= 4 is 33.2 Å². The largest absolute Gasteiger partial charge is 0.493 e. The quantitative estimate of drug-likeness (QED) is 0.412. The van der Waals surface area contributed by atoms with Crippen molar-refractivity contribution < 1.29 is 5.11 Å². The molecule has 0 saturated carbocycles. The van der Waals surface area contributed by atoms with Gasteiger partial charge in [-0.15, -0.1) is 0 Å². The normalized spacial score (nSPS) is 14.0. The maximum atomic E-state index is 11.9. The first-order valence-electron chi connectivity index (χ1n) is 8.51. The standard InChI is InChI=1S/C16H16BrN9O2/c1-23-6-8(4-19-23)9-5-20-26-12(18)11(17)14(21-13(9)26)24-2-3-25-10(7-24)15(27)22-16(25)28/h4-6,27H,2-3,7,18H2,1H3,(H,22,28). The van der Waals surface area contributed by atoms with Crippen LogP contribution < -0.4 is 16.3 Å². The molecule has 5 heterocycles. The number of halogens is 1. The summed E-state index contributed by atoms with van der Waals surface area (Å²) in [7, 11) is 1.84. The van der Waals surface area contributed by atoms with Crippen LogP contribution in [-0.2, 0) is 20.1 Å². The second-order valence-corrected chi connectivity index (χ2v) is 7.42. The molecule has 0 aromatic carbocycles. The fraction of sp³-hybridized carbons (Fsp3) is 0.250. The highest BCUT2D eigenvalue weighted by Gasteiger charge is 2.26. The third kappa shape index (κ3) is 2.34. The summed E-state index contributed by atoms with van der Waals surface area (Å²) in [6, 6.07) is 0. The topological polar surface area (TPSA) is 135 Å². The van der Waals surface area contributed by atoms with Gasteiger partial charge in [0.05, 0.1) is 18.9 Å². The SMILES string of the molecule is Cn1cc(-c2cnn3c(N)c(Br)c(N4CCn5c(c(O)[nH]c5=O)C4)nc23)cn1. The highest BCUT2D eigenvalue weighted by molar-refractivity contribution is 9.10. The number of aryl methyl sites for hydroxylation is 1. The van der Waals surface area contributed by atoms with Crippen molar-refractivity contribution in [3.63, 3.8) is 0 Å². The van der Waals surface area contributed by atoms with Gasteiger partial charge in [0.25, 0.3) is 0 Å². The van der Waals surface area contributed by atoms with E-state index in [0.717, 1.165) is 11.1 Å². The molecule has 4 aromatic rings. The number of hydrogen-bond acceptors (Lipinski definition) is 7. The Bertz CT molecular complexity index is 1280. The molecule has 0 aliphatic carbocycles. The van der Waals surface area contributed by atoms with Crippen molar-refractivity contribution in [2.75, 3.05) is 17.2 Å². The first kappa shape index (κ1) is 16.9. The van der Waals surface area contributed by atoms with Crippen LogP contribution in [0.1, 0.15) is 5.69 Å². The number of aromatic hydroxyl groups is 1. The predicted molar refractivity (Wildman–Crippen MR) is 105 cm³/mol. The fourth-order valence-electron chi connectivity index (χ4n) is 3.51. The summed E-state index contributed by atoms with van der Waals surface area (Å²) in [5.74, 6) is 0.909. The molecule has 0 atom stereocenters. The van der Waals surface area contributed by atoms with E-state index in [1.165, 1.54) is 4.57 Å². The number of aromatic amines is 1. The molecule has 12 heteroatoms. The highest BCUT2D eigenvalue weighted by Crippen LogP contribution is 2.35. The summed E-state index contributed by atoms with van der Waals surface area (Å²) in [5, 5.41) is 18.6. The number of rotatable bonds is 2. The third-order valence-electron chi connectivity index (χ3n) is 4.92. The van der Waals surface area contributed by atoms with E-state index >= 15 is 0 Å². The number of imidazole rings is 1. The van der Waals surface area contributed by atoms with Crippen molar-refractivity contribution in [2.24, 2.45) is 7.05 Å². The van der Waals surface area contributed by atoms with Crippen molar-refractivity contribution in [1.29, 1.82) is 0 Å². The summed E-state index contributed by atoms with van der Waals surface area (Å²) in [5.41, 5.74) is 8.80. The van der Waals surface area contributed by atoms with Gasteiger partial charge in [-0.05, 0) is 15.9 Å². The van der Waals surface area contributed by atoms with Gasteiger partial charge in [-0.1, -0.05) is 0 Å². The molecule has 0 unspecified atom stereocenters. The average Bonchev–Trinajstić information content (AvgIpc) is 3.36. The van der Waals surface area contributed by atoms with Crippen LogP contribution in [0.15, 0.2) is 27.9 Å². The Labute approximate surface area is 166 Å². The van der Waals surface area contributed by atoms with E-state index in [1.54, 1.807) is 21.6 Å². The van der Waals surface area contributed by atoms with Gasteiger partial charge in [-0.3, -0.25) is 14.2 Å². The number of nitrogen functional groups attached to an aromatic ring is 1. The lowest BCUT2D eigenvalue weighted by atomic mass is 10.2.